The number of nitrogens with zero attached hydrogens (tertiary/aromatic N) is 1. The molecule has 2 nitrogen and oxygen atoms in total. The molecule has 2 rings (SSSR count). The number of likely N-dealkylation sites (tertiary alicyclic amines) is 1. The van der Waals surface area contributed by atoms with Crippen molar-refractivity contribution in [3.63, 3.8) is 0 Å². The molecule has 1 heterocycles. The van der Waals surface area contributed by atoms with Gasteiger partial charge in [-0.3, -0.25) is 4.79 Å². The lowest BCUT2D eigenvalue weighted by atomic mass is 10.1. The van der Waals surface area contributed by atoms with E-state index in [1.807, 2.05) is 25.1 Å². The number of hydrogen-bond donors (Lipinski definition) is 0. The van der Waals surface area contributed by atoms with Crippen molar-refractivity contribution < 1.29 is 4.79 Å². The molecule has 1 fully saturated rings. The molecule has 1 aliphatic heterocycles. The predicted molar refractivity (Wildman–Crippen MR) is 86.0 cm³/mol. The summed E-state index contributed by atoms with van der Waals surface area (Å²) >= 11 is 7.01. The highest BCUT2D eigenvalue weighted by molar-refractivity contribution is 9.10. The van der Waals surface area contributed by atoms with Gasteiger partial charge in [-0.15, -0.1) is 0 Å². The lowest BCUT2D eigenvalue weighted by Crippen LogP contribution is -2.35. The fourth-order valence-electron chi connectivity index (χ4n) is 2.68. The quantitative estimate of drug-likeness (QED) is 0.693. The highest BCUT2D eigenvalue weighted by Gasteiger charge is 2.29. The summed E-state index contributed by atoms with van der Waals surface area (Å²) in [7, 11) is 0. The standard InChI is InChI=1S/C15H19Br2NO/c1-11-5-2-8-13(14(11)17)15(19)18-10-4-7-12(18)6-3-9-16/h2,5,8,12H,3-4,6-7,9-10H2,1H3. The van der Waals surface area contributed by atoms with Crippen molar-refractivity contribution in [2.24, 2.45) is 0 Å². The average molecular weight is 389 g/mol. The van der Waals surface area contributed by atoms with Crippen LogP contribution in [0.15, 0.2) is 22.7 Å². The van der Waals surface area contributed by atoms with Gasteiger partial charge in [-0.25, -0.2) is 0 Å². The Labute approximate surface area is 131 Å². The Kier molecular flexibility index (Phi) is 5.46. The number of halogens is 2. The maximum absolute atomic E-state index is 12.7. The van der Waals surface area contributed by atoms with Crippen molar-refractivity contribution in [1.82, 2.24) is 4.90 Å². The lowest BCUT2D eigenvalue weighted by molar-refractivity contribution is 0.0729. The molecule has 19 heavy (non-hydrogen) atoms. The molecule has 1 aromatic carbocycles. The van der Waals surface area contributed by atoms with Gasteiger partial charge in [0.25, 0.3) is 5.91 Å². The van der Waals surface area contributed by atoms with E-state index in [-0.39, 0.29) is 5.91 Å². The van der Waals surface area contributed by atoms with Crippen LogP contribution in [0, 0.1) is 6.92 Å². The molecular formula is C15H19Br2NO. The summed E-state index contributed by atoms with van der Waals surface area (Å²) in [5.41, 5.74) is 1.91. The third-order valence-electron chi connectivity index (χ3n) is 3.73. The van der Waals surface area contributed by atoms with Crippen LogP contribution in [0.3, 0.4) is 0 Å². The van der Waals surface area contributed by atoms with Gasteiger partial charge in [0.15, 0.2) is 0 Å². The first-order valence-electron chi connectivity index (χ1n) is 6.77. The van der Waals surface area contributed by atoms with E-state index in [0.29, 0.717) is 6.04 Å². The van der Waals surface area contributed by atoms with Gasteiger partial charge < -0.3 is 4.90 Å². The molecule has 0 radical (unpaired) electrons. The molecule has 1 atom stereocenters. The van der Waals surface area contributed by atoms with E-state index in [0.717, 1.165) is 53.2 Å². The Bertz CT molecular complexity index is 461. The molecule has 1 amide bonds. The van der Waals surface area contributed by atoms with E-state index in [1.54, 1.807) is 0 Å². The molecule has 0 bridgehead atoms. The van der Waals surface area contributed by atoms with Crippen LogP contribution in [0.5, 0.6) is 0 Å². The molecule has 0 saturated carbocycles. The van der Waals surface area contributed by atoms with E-state index >= 15 is 0 Å². The predicted octanol–water partition coefficient (Wildman–Crippen LogP) is 4.54. The highest BCUT2D eigenvalue weighted by Crippen LogP contribution is 2.28. The molecule has 0 aromatic heterocycles. The number of rotatable bonds is 4. The molecule has 0 spiro atoms. The summed E-state index contributed by atoms with van der Waals surface area (Å²) in [6.45, 7) is 2.92. The van der Waals surface area contributed by atoms with Crippen molar-refractivity contribution in [2.75, 3.05) is 11.9 Å². The molecular weight excluding hydrogens is 370 g/mol. The number of hydrogen-bond acceptors (Lipinski definition) is 1. The van der Waals surface area contributed by atoms with Crippen LogP contribution in [0.25, 0.3) is 0 Å². The number of aryl methyl sites for hydroxylation is 1. The van der Waals surface area contributed by atoms with Crippen molar-refractivity contribution in [1.29, 1.82) is 0 Å². The Morgan fingerprint density at radius 1 is 1.47 bits per heavy atom. The van der Waals surface area contributed by atoms with Crippen molar-refractivity contribution in [3.05, 3.63) is 33.8 Å². The topological polar surface area (TPSA) is 20.3 Å². The van der Waals surface area contributed by atoms with Gasteiger partial charge in [-0.05, 0) is 60.2 Å². The van der Waals surface area contributed by atoms with Crippen molar-refractivity contribution >= 4 is 37.8 Å². The van der Waals surface area contributed by atoms with Gasteiger partial charge >= 0.3 is 0 Å². The summed E-state index contributed by atoms with van der Waals surface area (Å²) in [6.07, 6.45) is 4.49. The minimum Gasteiger partial charge on any atom is -0.336 e. The van der Waals surface area contributed by atoms with E-state index in [9.17, 15) is 4.79 Å². The maximum Gasteiger partial charge on any atom is 0.255 e. The lowest BCUT2D eigenvalue weighted by Gasteiger charge is -2.25. The fourth-order valence-corrected chi connectivity index (χ4v) is 3.44. The van der Waals surface area contributed by atoms with Gasteiger partial charge in [0, 0.05) is 22.4 Å². The van der Waals surface area contributed by atoms with E-state index in [4.69, 9.17) is 0 Å². The third kappa shape index (κ3) is 3.40. The molecule has 1 unspecified atom stereocenters. The molecule has 0 N–H and O–H groups in total. The SMILES string of the molecule is Cc1cccc(C(=O)N2CCCC2CCCBr)c1Br. The Hall–Kier alpha value is -0.350. The molecule has 4 heteroatoms. The first kappa shape index (κ1) is 15.0. The zero-order valence-electron chi connectivity index (χ0n) is 11.2. The van der Waals surface area contributed by atoms with E-state index in [1.165, 1.54) is 0 Å². The Balaban J connectivity index is 2.16. The zero-order valence-corrected chi connectivity index (χ0v) is 14.3. The van der Waals surface area contributed by atoms with Gasteiger partial charge in [0.1, 0.15) is 0 Å². The van der Waals surface area contributed by atoms with Crippen molar-refractivity contribution in [2.45, 2.75) is 38.6 Å². The van der Waals surface area contributed by atoms with Crippen LogP contribution in [-0.4, -0.2) is 28.7 Å². The largest absolute Gasteiger partial charge is 0.336 e. The summed E-state index contributed by atoms with van der Waals surface area (Å²) in [5.74, 6) is 0.174. The van der Waals surface area contributed by atoms with Crippen molar-refractivity contribution in [3.8, 4) is 0 Å². The highest BCUT2D eigenvalue weighted by atomic mass is 79.9. The normalized spacial score (nSPS) is 18.9. The minimum atomic E-state index is 0.174. The van der Waals surface area contributed by atoms with Gasteiger partial charge in [-0.2, -0.15) is 0 Å². The zero-order chi connectivity index (χ0) is 13.8. The monoisotopic (exact) mass is 387 g/mol. The van der Waals surface area contributed by atoms with Crippen LogP contribution >= 0.6 is 31.9 Å². The van der Waals surface area contributed by atoms with E-state index in [2.05, 4.69) is 36.8 Å². The summed E-state index contributed by atoms with van der Waals surface area (Å²) in [5, 5.41) is 1.01. The van der Waals surface area contributed by atoms with Crippen LogP contribution in [0.2, 0.25) is 0 Å². The number of benzene rings is 1. The first-order chi connectivity index (χ1) is 9.15. The fraction of sp³-hybridized carbons (Fsp3) is 0.533. The third-order valence-corrected chi connectivity index (χ3v) is 5.34. The minimum absolute atomic E-state index is 0.174. The van der Waals surface area contributed by atoms with Crippen LogP contribution in [0.1, 0.15) is 41.6 Å². The molecule has 0 aliphatic carbocycles. The second-order valence-corrected chi connectivity index (χ2v) is 6.65. The number of amides is 1. The Morgan fingerprint density at radius 2 is 2.26 bits per heavy atom. The molecule has 1 saturated heterocycles. The smallest absolute Gasteiger partial charge is 0.255 e. The first-order valence-corrected chi connectivity index (χ1v) is 8.68. The van der Waals surface area contributed by atoms with Crippen LogP contribution in [-0.2, 0) is 0 Å². The summed E-state index contributed by atoms with van der Waals surface area (Å²) in [4.78, 5) is 14.7. The summed E-state index contributed by atoms with van der Waals surface area (Å²) in [6, 6.07) is 6.31. The number of alkyl halides is 1. The van der Waals surface area contributed by atoms with Gasteiger partial charge in [0.05, 0.1) is 5.56 Å². The number of carbonyl (C=O) groups is 1. The molecule has 1 aromatic rings. The second kappa shape index (κ2) is 6.89. The maximum atomic E-state index is 12.7. The molecule has 104 valence electrons. The van der Waals surface area contributed by atoms with Crippen LogP contribution < -0.4 is 0 Å². The second-order valence-electron chi connectivity index (χ2n) is 5.06. The van der Waals surface area contributed by atoms with Crippen LogP contribution in [0.4, 0.5) is 0 Å². The molecule has 1 aliphatic rings. The van der Waals surface area contributed by atoms with E-state index < -0.39 is 0 Å². The number of carbonyl (C=O) groups excluding carboxylic acids is 1. The average Bonchev–Trinajstić information content (AvgIpc) is 2.87. The summed E-state index contributed by atoms with van der Waals surface area (Å²) < 4.78 is 0.936. The van der Waals surface area contributed by atoms with Gasteiger partial charge in [0.2, 0.25) is 0 Å². The Morgan fingerprint density at radius 3 is 3.00 bits per heavy atom. The van der Waals surface area contributed by atoms with Gasteiger partial charge in [-0.1, -0.05) is 28.1 Å².